The first-order chi connectivity index (χ1) is 14.3. The van der Waals surface area contributed by atoms with Gasteiger partial charge < -0.3 is 14.2 Å². The summed E-state index contributed by atoms with van der Waals surface area (Å²) in [5.41, 5.74) is 0.575. The van der Waals surface area contributed by atoms with E-state index in [-0.39, 0.29) is 17.5 Å². The van der Waals surface area contributed by atoms with Gasteiger partial charge in [-0.3, -0.25) is 4.79 Å². The van der Waals surface area contributed by atoms with Crippen LogP contribution in [-0.4, -0.2) is 55.4 Å². The summed E-state index contributed by atoms with van der Waals surface area (Å²) in [5, 5.41) is 12.0. The minimum atomic E-state index is -4.82. The van der Waals surface area contributed by atoms with E-state index < -0.39 is 12.1 Å². The van der Waals surface area contributed by atoms with Gasteiger partial charge in [-0.25, -0.2) is 4.68 Å². The minimum Gasteiger partial charge on any atom is -0.406 e. The third-order valence-corrected chi connectivity index (χ3v) is 4.64. The van der Waals surface area contributed by atoms with Gasteiger partial charge in [0.1, 0.15) is 5.75 Å². The largest absolute Gasteiger partial charge is 0.573 e. The van der Waals surface area contributed by atoms with Crippen molar-refractivity contribution in [3.05, 3.63) is 41.9 Å². The smallest absolute Gasteiger partial charge is 0.406 e. The zero-order chi connectivity index (χ0) is 21.3. The second kappa shape index (κ2) is 7.76. The third-order valence-electron chi connectivity index (χ3n) is 4.64. The first kappa shape index (κ1) is 19.9. The van der Waals surface area contributed by atoms with E-state index in [2.05, 4.69) is 25.2 Å². The summed E-state index contributed by atoms with van der Waals surface area (Å²) in [5.74, 6) is -0.0746. The highest BCUT2D eigenvalue weighted by Crippen LogP contribution is 2.26. The van der Waals surface area contributed by atoms with Crippen LogP contribution in [0.25, 0.3) is 11.5 Å². The minimum absolute atomic E-state index is 0.124. The van der Waals surface area contributed by atoms with Crippen LogP contribution in [0.4, 0.5) is 13.2 Å². The Kier molecular flexibility index (Phi) is 5.14. The molecule has 3 aromatic rings. The van der Waals surface area contributed by atoms with Gasteiger partial charge in [0.15, 0.2) is 5.69 Å². The van der Waals surface area contributed by atoms with Crippen LogP contribution in [0, 0.1) is 6.92 Å². The van der Waals surface area contributed by atoms with E-state index in [0.29, 0.717) is 36.9 Å². The van der Waals surface area contributed by atoms with E-state index in [4.69, 9.17) is 4.52 Å². The molecule has 0 bridgehead atoms. The monoisotopic (exact) mass is 422 g/mol. The number of aromatic nitrogens is 5. The molecule has 1 fully saturated rings. The molecule has 1 aliphatic heterocycles. The topological polar surface area (TPSA) is 99.2 Å². The number of hydrogen-bond donors (Lipinski definition) is 0. The molecule has 1 saturated heterocycles. The van der Waals surface area contributed by atoms with Crippen LogP contribution in [0.2, 0.25) is 0 Å². The maximum absolute atomic E-state index is 12.8. The summed E-state index contributed by atoms with van der Waals surface area (Å²) in [6.07, 6.45) is -1.65. The number of piperidine rings is 1. The summed E-state index contributed by atoms with van der Waals surface area (Å²) in [6.45, 7) is 2.50. The number of likely N-dealkylation sites (tertiary alicyclic amines) is 1. The van der Waals surface area contributed by atoms with Gasteiger partial charge >= 0.3 is 6.36 Å². The first-order valence-corrected chi connectivity index (χ1v) is 9.16. The van der Waals surface area contributed by atoms with Crippen molar-refractivity contribution in [2.45, 2.75) is 32.2 Å². The Bertz CT molecular complexity index is 1050. The van der Waals surface area contributed by atoms with Gasteiger partial charge in [0.05, 0.1) is 12.2 Å². The molecule has 1 aromatic carbocycles. The Morgan fingerprint density at radius 2 is 2.17 bits per heavy atom. The molecule has 1 atom stereocenters. The molecule has 0 aliphatic carbocycles. The Morgan fingerprint density at radius 3 is 2.90 bits per heavy atom. The summed E-state index contributed by atoms with van der Waals surface area (Å²) >= 11 is 0. The van der Waals surface area contributed by atoms with E-state index in [1.807, 2.05) is 0 Å². The number of alkyl halides is 3. The second-order valence-corrected chi connectivity index (χ2v) is 6.84. The number of aryl methyl sites for hydroxylation is 1. The third kappa shape index (κ3) is 4.42. The second-order valence-electron chi connectivity index (χ2n) is 6.84. The number of hydrogen-bond acceptors (Lipinski definition) is 7. The Labute approximate surface area is 168 Å². The molecular weight excluding hydrogens is 405 g/mol. The fourth-order valence-electron chi connectivity index (χ4n) is 3.32. The fourth-order valence-corrected chi connectivity index (χ4v) is 3.32. The predicted octanol–water partition coefficient (Wildman–Crippen LogP) is 3.01. The van der Waals surface area contributed by atoms with Crippen LogP contribution < -0.4 is 4.74 Å². The molecule has 30 heavy (non-hydrogen) atoms. The van der Waals surface area contributed by atoms with Crippen molar-refractivity contribution < 1.29 is 27.2 Å². The van der Waals surface area contributed by atoms with Crippen LogP contribution in [0.5, 0.6) is 5.75 Å². The maximum atomic E-state index is 12.8. The molecule has 0 spiro atoms. The van der Waals surface area contributed by atoms with Crippen molar-refractivity contribution in [1.29, 1.82) is 0 Å². The summed E-state index contributed by atoms with van der Waals surface area (Å²) in [7, 11) is 0. The standard InChI is InChI=1S/C18H17F3N6O3/c1-11-22-16(24-30-11)15-10-27(25-23-15)13-5-3-7-26(9-13)17(28)12-4-2-6-14(8-12)29-18(19,20)21/h2,4,6,8,10,13H,3,5,7,9H2,1H3/t13-/m0/s1. The highest BCUT2D eigenvalue weighted by Gasteiger charge is 2.32. The van der Waals surface area contributed by atoms with Gasteiger partial charge in [0.2, 0.25) is 11.7 Å². The number of benzene rings is 1. The van der Waals surface area contributed by atoms with Gasteiger partial charge in [0.25, 0.3) is 5.91 Å². The van der Waals surface area contributed by atoms with E-state index in [0.717, 1.165) is 18.6 Å². The van der Waals surface area contributed by atoms with Crippen molar-refractivity contribution in [1.82, 2.24) is 30.0 Å². The van der Waals surface area contributed by atoms with Gasteiger partial charge in [-0.05, 0) is 31.0 Å². The number of amides is 1. The van der Waals surface area contributed by atoms with Crippen LogP contribution in [0.3, 0.4) is 0 Å². The Balaban J connectivity index is 1.47. The Hall–Kier alpha value is -3.44. The normalized spacial score (nSPS) is 17.2. The number of nitrogens with zero attached hydrogens (tertiary/aromatic N) is 6. The predicted molar refractivity (Wildman–Crippen MR) is 95.4 cm³/mol. The molecule has 2 aromatic heterocycles. The van der Waals surface area contributed by atoms with E-state index in [9.17, 15) is 18.0 Å². The van der Waals surface area contributed by atoms with E-state index in [1.54, 1.807) is 22.7 Å². The zero-order valence-electron chi connectivity index (χ0n) is 15.8. The lowest BCUT2D eigenvalue weighted by Crippen LogP contribution is -2.40. The molecule has 0 unspecified atom stereocenters. The van der Waals surface area contributed by atoms with Crippen LogP contribution in [0.15, 0.2) is 35.0 Å². The summed E-state index contributed by atoms with van der Waals surface area (Å²) < 4.78 is 47.8. The van der Waals surface area contributed by atoms with Gasteiger partial charge in [0, 0.05) is 25.6 Å². The molecule has 12 heteroatoms. The summed E-state index contributed by atoms with van der Waals surface area (Å²) in [6, 6.07) is 4.92. The van der Waals surface area contributed by atoms with E-state index >= 15 is 0 Å². The van der Waals surface area contributed by atoms with Crippen molar-refractivity contribution >= 4 is 5.91 Å². The average molecular weight is 422 g/mol. The van der Waals surface area contributed by atoms with Crippen molar-refractivity contribution in [2.75, 3.05) is 13.1 Å². The quantitative estimate of drug-likeness (QED) is 0.637. The molecule has 9 nitrogen and oxygen atoms in total. The zero-order valence-corrected chi connectivity index (χ0v) is 15.8. The van der Waals surface area contributed by atoms with Gasteiger partial charge in [-0.1, -0.05) is 16.4 Å². The van der Waals surface area contributed by atoms with Gasteiger partial charge in [-0.15, -0.1) is 18.3 Å². The highest BCUT2D eigenvalue weighted by atomic mass is 19.4. The first-order valence-electron chi connectivity index (χ1n) is 9.16. The van der Waals surface area contributed by atoms with Crippen LogP contribution in [0.1, 0.15) is 35.1 Å². The van der Waals surface area contributed by atoms with E-state index in [1.165, 1.54) is 12.1 Å². The molecule has 0 N–H and O–H groups in total. The molecular formula is C18H17F3N6O3. The fraction of sp³-hybridized carbons (Fsp3) is 0.389. The van der Waals surface area contributed by atoms with Crippen molar-refractivity contribution in [3.63, 3.8) is 0 Å². The number of ether oxygens (including phenoxy) is 1. The van der Waals surface area contributed by atoms with Crippen molar-refractivity contribution in [2.24, 2.45) is 0 Å². The number of rotatable bonds is 4. The summed E-state index contributed by atoms with van der Waals surface area (Å²) in [4.78, 5) is 18.5. The number of carbonyl (C=O) groups excluding carboxylic acids is 1. The molecule has 0 saturated carbocycles. The molecule has 1 amide bonds. The Morgan fingerprint density at radius 1 is 1.33 bits per heavy atom. The molecule has 4 rings (SSSR count). The lowest BCUT2D eigenvalue weighted by molar-refractivity contribution is -0.274. The molecule has 1 aliphatic rings. The van der Waals surface area contributed by atoms with Crippen LogP contribution >= 0.6 is 0 Å². The molecule has 3 heterocycles. The molecule has 0 radical (unpaired) electrons. The number of halogens is 3. The average Bonchev–Trinajstić information content (AvgIpc) is 3.35. The van der Waals surface area contributed by atoms with Gasteiger partial charge in [-0.2, -0.15) is 4.98 Å². The lowest BCUT2D eigenvalue weighted by Gasteiger charge is -2.32. The van der Waals surface area contributed by atoms with Crippen molar-refractivity contribution in [3.8, 4) is 17.3 Å². The highest BCUT2D eigenvalue weighted by molar-refractivity contribution is 5.94. The maximum Gasteiger partial charge on any atom is 0.573 e. The van der Waals surface area contributed by atoms with Crippen LogP contribution in [-0.2, 0) is 0 Å². The molecule has 158 valence electrons. The number of carbonyl (C=O) groups is 1. The lowest BCUT2D eigenvalue weighted by atomic mass is 10.0. The SMILES string of the molecule is Cc1nc(-c2cn([C@H]3CCCN(C(=O)c4cccc(OC(F)(F)F)c4)C3)nn2)no1.